The second kappa shape index (κ2) is 5.99. The normalized spacial score (nSPS) is 25.6. The molecule has 1 heterocycles. The lowest BCUT2D eigenvalue weighted by molar-refractivity contribution is -0.0258. The minimum absolute atomic E-state index is 0.299. The molecule has 0 saturated carbocycles. The van der Waals surface area contributed by atoms with Gasteiger partial charge in [0, 0.05) is 26.2 Å². The van der Waals surface area contributed by atoms with E-state index in [4.69, 9.17) is 4.74 Å². The van der Waals surface area contributed by atoms with E-state index >= 15 is 0 Å². The van der Waals surface area contributed by atoms with Crippen LogP contribution in [0.2, 0.25) is 0 Å². The number of morpholine rings is 1. The molecule has 2 atom stereocenters. The highest BCUT2D eigenvalue weighted by molar-refractivity contribution is 5.14. The Morgan fingerprint density at radius 3 is 2.88 bits per heavy atom. The second-order valence-corrected chi connectivity index (χ2v) is 4.34. The van der Waals surface area contributed by atoms with Crippen molar-refractivity contribution in [2.45, 2.75) is 25.7 Å². The van der Waals surface area contributed by atoms with Gasteiger partial charge in [0.15, 0.2) is 0 Å². The van der Waals surface area contributed by atoms with Crippen molar-refractivity contribution < 1.29 is 4.74 Å². The molecule has 1 aliphatic rings. The number of hydrogen-bond donors (Lipinski definition) is 2. The summed E-state index contributed by atoms with van der Waals surface area (Å²) < 4.78 is 5.80. The molecule has 16 heavy (non-hydrogen) atoms. The number of hydrogen-bond acceptors (Lipinski definition) is 3. The zero-order valence-electron chi connectivity index (χ0n) is 9.78. The van der Waals surface area contributed by atoms with Crippen LogP contribution in [0.25, 0.3) is 0 Å². The minimum Gasteiger partial charge on any atom is -0.371 e. The van der Waals surface area contributed by atoms with Crippen molar-refractivity contribution >= 4 is 0 Å². The molecule has 0 spiro atoms. The lowest BCUT2D eigenvalue weighted by Crippen LogP contribution is -2.47. The summed E-state index contributed by atoms with van der Waals surface area (Å²) in [6.45, 7) is 5.85. The van der Waals surface area contributed by atoms with E-state index in [-0.39, 0.29) is 0 Å². The van der Waals surface area contributed by atoms with Gasteiger partial charge in [-0.25, -0.2) is 0 Å². The first kappa shape index (κ1) is 11.6. The Labute approximate surface area is 97.2 Å². The molecular formula is C13H20N2O. The Morgan fingerprint density at radius 2 is 2.12 bits per heavy atom. The highest BCUT2D eigenvalue weighted by Crippen LogP contribution is 2.03. The van der Waals surface area contributed by atoms with Gasteiger partial charge in [0.1, 0.15) is 0 Å². The quantitative estimate of drug-likeness (QED) is 0.798. The Morgan fingerprint density at radius 1 is 1.31 bits per heavy atom. The summed E-state index contributed by atoms with van der Waals surface area (Å²) in [7, 11) is 0. The summed E-state index contributed by atoms with van der Waals surface area (Å²) >= 11 is 0. The summed E-state index contributed by atoms with van der Waals surface area (Å²) in [5, 5.41) is 6.80. The molecule has 0 amide bonds. The maximum absolute atomic E-state index is 5.80. The average Bonchev–Trinajstić information content (AvgIpc) is 2.30. The Balaban J connectivity index is 1.68. The predicted molar refractivity (Wildman–Crippen MR) is 65.4 cm³/mol. The van der Waals surface area contributed by atoms with Crippen molar-refractivity contribution in [3.63, 3.8) is 0 Å². The fourth-order valence-corrected chi connectivity index (χ4v) is 1.97. The molecule has 0 radical (unpaired) electrons. The van der Waals surface area contributed by atoms with E-state index in [9.17, 15) is 0 Å². The summed E-state index contributed by atoms with van der Waals surface area (Å²) in [5.41, 5.74) is 1.32. The number of nitrogens with one attached hydrogen (secondary N) is 2. The van der Waals surface area contributed by atoms with Crippen LogP contribution >= 0.6 is 0 Å². The van der Waals surface area contributed by atoms with Crippen molar-refractivity contribution in [3.05, 3.63) is 35.9 Å². The van der Waals surface area contributed by atoms with Crippen LogP contribution in [0.3, 0.4) is 0 Å². The molecule has 1 aromatic carbocycles. The molecule has 2 unspecified atom stereocenters. The topological polar surface area (TPSA) is 33.3 Å². The lowest BCUT2D eigenvalue weighted by Gasteiger charge is -2.28. The van der Waals surface area contributed by atoms with E-state index in [1.54, 1.807) is 0 Å². The fraction of sp³-hybridized carbons (Fsp3) is 0.538. The van der Waals surface area contributed by atoms with E-state index in [2.05, 4.69) is 41.8 Å². The zero-order chi connectivity index (χ0) is 11.2. The summed E-state index contributed by atoms with van der Waals surface area (Å²) in [5.74, 6) is 0. The zero-order valence-corrected chi connectivity index (χ0v) is 9.78. The van der Waals surface area contributed by atoms with Crippen molar-refractivity contribution in [2.24, 2.45) is 0 Å². The van der Waals surface area contributed by atoms with Crippen LogP contribution in [0.15, 0.2) is 30.3 Å². The van der Waals surface area contributed by atoms with E-state index < -0.39 is 0 Å². The molecule has 1 aromatic rings. The molecule has 1 aliphatic heterocycles. The largest absolute Gasteiger partial charge is 0.371 e. The second-order valence-electron chi connectivity index (χ2n) is 4.34. The van der Waals surface area contributed by atoms with E-state index in [0.29, 0.717) is 12.2 Å². The summed E-state index contributed by atoms with van der Waals surface area (Å²) in [6.07, 6.45) is 0.629. The molecular weight excluding hydrogens is 200 g/mol. The van der Waals surface area contributed by atoms with Crippen molar-refractivity contribution in [1.29, 1.82) is 0 Å². The van der Waals surface area contributed by atoms with Gasteiger partial charge in [0.25, 0.3) is 0 Å². The first-order valence-electron chi connectivity index (χ1n) is 5.95. The molecule has 0 aromatic heterocycles. The SMILES string of the molecule is CC1CNCC(CNCc2ccccc2)O1. The van der Waals surface area contributed by atoms with Gasteiger partial charge in [-0.3, -0.25) is 0 Å². The monoisotopic (exact) mass is 220 g/mol. The lowest BCUT2D eigenvalue weighted by atomic mass is 10.2. The highest BCUT2D eigenvalue weighted by atomic mass is 16.5. The molecule has 3 nitrogen and oxygen atoms in total. The number of benzene rings is 1. The van der Waals surface area contributed by atoms with Gasteiger partial charge in [0.2, 0.25) is 0 Å². The summed E-state index contributed by atoms with van der Waals surface area (Å²) in [6, 6.07) is 10.4. The molecule has 0 bridgehead atoms. The van der Waals surface area contributed by atoms with Crippen molar-refractivity contribution in [3.8, 4) is 0 Å². The van der Waals surface area contributed by atoms with Crippen LogP contribution in [0.5, 0.6) is 0 Å². The molecule has 0 aliphatic carbocycles. The van der Waals surface area contributed by atoms with Gasteiger partial charge < -0.3 is 15.4 Å². The van der Waals surface area contributed by atoms with Crippen LogP contribution in [0, 0.1) is 0 Å². The first-order chi connectivity index (χ1) is 7.84. The molecule has 2 rings (SSSR count). The van der Waals surface area contributed by atoms with Gasteiger partial charge in [-0.15, -0.1) is 0 Å². The van der Waals surface area contributed by atoms with Gasteiger partial charge >= 0.3 is 0 Å². The fourth-order valence-electron chi connectivity index (χ4n) is 1.97. The molecule has 1 saturated heterocycles. The first-order valence-corrected chi connectivity index (χ1v) is 5.95. The van der Waals surface area contributed by atoms with Crippen molar-refractivity contribution in [2.75, 3.05) is 19.6 Å². The minimum atomic E-state index is 0.299. The predicted octanol–water partition coefficient (Wildman–Crippen LogP) is 1.15. The summed E-state index contributed by atoms with van der Waals surface area (Å²) in [4.78, 5) is 0. The van der Waals surface area contributed by atoms with Crippen LogP contribution in [0.4, 0.5) is 0 Å². The van der Waals surface area contributed by atoms with Crippen molar-refractivity contribution in [1.82, 2.24) is 10.6 Å². The third-order valence-corrected chi connectivity index (χ3v) is 2.77. The molecule has 88 valence electrons. The molecule has 2 N–H and O–H groups in total. The number of rotatable bonds is 4. The average molecular weight is 220 g/mol. The maximum Gasteiger partial charge on any atom is 0.0827 e. The van der Waals surface area contributed by atoms with E-state index in [1.807, 2.05) is 6.07 Å². The Bertz CT molecular complexity index is 302. The highest BCUT2D eigenvalue weighted by Gasteiger charge is 2.17. The smallest absolute Gasteiger partial charge is 0.0827 e. The van der Waals surface area contributed by atoms with Crippen LogP contribution in [-0.4, -0.2) is 31.8 Å². The van der Waals surface area contributed by atoms with E-state index in [0.717, 1.165) is 26.2 Å². The standard InChI is InChI=1S/C13H20N2O/c1-11-7-14-9-13(16-11)10-15-8-12-5-3-2-4-6-12/h2-6,11,13-15H,7-10H2,1H3. The van der Waals surface area contributed by atoms with Crippen LogP contribution < -0.4 is 10.6 Å². The van der Waals surface area contributed by atoms with Gasteiger partial charge in [-0.1, -0.05) is 30.3 Å². The van der Waals surface area contributed by atoms with Gasteiger partial charge in [0.05, 0.1) is 12.2 Å². The van der Waals surface area contributed by atoms with Crippen LogP contribution in [0.1, 0.15) is 12.5 Å². The van der Waals surface area contributed by atoms with Crippen LogP contribution in [-0.2, 0) is 11.3 Å². The van der Waals surface area contributed by atoms with Gasteiger partial charge in [-0.2, -0.15) is 0 Å². The number of ether oxygens (including phenoxy) is 1. The van der Waals surface area contributed by atoms with Gasteiger partial charge in [-0.05, 0) is 12.5 Å². The third kappa shape index (κ3) is 3.59. The third-order valence-electron chi connectivity index (χ3n) is 2.77. The Hall–Kier alpha value is -0.900. The maximum atomic E-state index is 5.80. The Kier molecular flexibility index (Phi) is 4.34. The van der Waals surface area contributed by atoms with E-state index in [1.165, 1.54) is 5.56 Å². The molecule has 3 heteroatoms. The molecule has 1 fully saturated rings.